The molecule has 0 spiro atoms. The molecule has 0 aliphatic heterocycles. The average molecular weight is 236 g/mol. The van der Waals surface area contributed by atoms with Crippen LogP contribution in [-0.4, -0.2) is 41.2 Å². The third-order valence-electron chi connectivity index (χ3n) is 2.02. The first-order chi connectivity index (χ1) is 8.02. The van der Waals surface area contributed by atoms with E-state index in [0.29, 0.717) is 24.0 Å². The summed E-state index contributed by atoms with van der Waals surface area (Å²) in [6, 6.07) is 1.71. The van der Waals surface area contributed by atoms with Gasteiger partial charge in [0.15, 0.2) is 0 Å². The number of hydrogen-bond donors (Lipinski definition) is 2. The lowest BCUT2D eigenvalue weighted by Crippen LogP contribution is -2.26. The Bertz CT molecular complexity index is 420. The van der Waals surface area contributed by atoms with Gasteiger partial charge in [-0.1, -0.05) is 6.08 Å². The zero-order valence-electron chi connectivity index (χ0n) is 9.97. The minimum absolute atomic E-state index is 0.0998. The molecule has 0 amide bonds. The van der Waals surface area contributed by atoms with Crippen LogP contribution in [0.3, 0.4) is 0 Å². The zero-order chi connectivity index (χ0) is 12.8. The molecule has 6 nitrogen and oxygen atoms in total. The highest BCUT2D eigenvalue weighted by atomic mass is 16.4. The first-order valence-corrected chi connectivity index (χ1v) is 5.16. The molecule has 0 aromatic carbocycles. The second kappa shape index (κ2) is 5.83. The lowest BCUT2D eigenvalue weighted by atomic mass is 10.4. The third-order valence-corrected chi connectivity index (χ3v) is 2.02. The Morgan fingerprint density at radius 1 is 1.65 bits per heavy atom. The van der Waals surface area contributed by atoms with E-state index in [4.69, 9.17) is 5.11 Å². The number of likely N-dealkylation sites (N-methyl/N-ethyl adjacent to an activating group) is 1. The topological polar surface area (TPSA) is 78.4 Å². The molecule has 1 aromatic rings. The van der Waals surface area contributed by atoms with Gasteiger partial charge in [0.05, 0.1) is 0 Å². The van der Waals surface area contributed by atoms with Gasteiger partial charge in [0.2, 0.25) is 0 Å². The Morgan fingerprint density at radius 2 is 2.35 bits per heavy atom. The van der Waals surface area contributed by atoms with Gasteiger partial charge in [0.1, 0.15) is 24.0 Å². The number of nitrogens with one attached hydrogen (secondary N) is 1. The van der Waals surface area contributed by atoms with Crippen LogP contribution in [0.15, 0.2) is 18.7 Å². The number of aromatic nitrogens is 2. The van der Waals surface area contributed by atoms with Crippen LogP contribution in [0.4, 0.5) is 11.6 Å². The zero-order valence-corrected chi connectivity index (χ0v) is 9.97. The van der Waals surface area contributed by atoms with Crippen molar-refractivity contribution in [2.75, 3.05) is 30.4 Å². The minimum Gasteiger partial charge on any atom is -0.480 e. The van der Waals surface area contributed by atoms with E-state index in [1.807, 2.05) is 0 Å². The molecular weight excluding hydrogens is 220 g/mol. The SMILES string of the molecule is C=CCNc1cc(N(C)CC(=O)O)nc(C)n1. The van der Waals surface area contributed by atoms with Crippen LogP contribution in [0.2, 0.25) is 0 Å². The number of anilines is 2. The van der Waals surface area contributed by atoms with Crippen molar-refractivity contribution in [2.45, 2.75) is 6.92 Å². The summed E-state index contributed by atoms with van der Waals surface area (Å²) in [6.07, 6.45) is 1.72. The van der Waals surface area contributed by atoms with Gasteiger partial charge >= 0.3 is 5.97 Å². The van der Waals surface area contributed by atoms with Crippen molar-refractivity contribution < 1.29 is 9.90 Å². The van der Waals surface area contributed by atoms with Gasteiger partial charge in [0, 0.05) is 19.7 Å². The smallest absolute Gasteiger partial charge is 0.323 e. The molecular formula is C11H16N4O2. The van der Waals surface area contributed by atoms with E-state index in [1.165, 1.54) is 0 Å². The summed E-state index contributed by atoms with van der Waals surface area (Å²) in [5.74, 6) is 0.923. The predicted molar refractivity (Wildman–Crippen MR) is 66.4 cm³/mol. The van der Waals surface area contributed by atoms with E-state index in [1.54, 1.807) is 31.0 Å². The molecule has 0 saturated heterocycles. The Kier molecular flexibility index (Phi) is 4.45. The molecule has 1 heterocycles. The number of rotatable bonds is 6. The Balaban J connectivity index is 2.87. The second-order valence-corrected chi connectivity index (χ2v) is 3.58. The predicted octanol–water partition coefficient (Wildman–Crippen LogP) is 0.904. The maximum Gasteiger partial charge on any atom is 0.323 e. The lowest BCUT2D eigenvalue weighted by Gasteiger charge is -2.16. The molecule has 17 heavy (non-hydrogen) atoms. The summed E-state index contributed by atoms with van der Waals surface area (Å²) in [5.41, 5.74) is 0. The summed E-state index contributed by atoms with van der Waals surface area (Å²) < 4.78 is 0. The Hall–Kier alpha value is -2.11. The van der Waals surface area contributed by atoms with Gasteiger partial charge < -0.3 is 15.3 Å². The molecule has 0 radical (unpaired) electrons. The number of carboxylic acids is 1. The number of hydrogen-bond acceptors (Lipinski definition) is 5. The van der Waals surface area contributed by atoms with Crippen LogP contribution in [0, 0.1) is 6.92 Å². The van der Waals surface area contributed by atoms with E-state index >= 15 is 0 Å². The molecule has 0 saturated carbocycles. The average Bonchev–Trinajstić information content (AvgIpc) is 2.24. The number of carbonyl (C=O) groups is 1. The van der Waals surface area contributed by atoms with Crippen molar-refractivity contribution in [1.29, 1.82) is 0 Å². The minimum atomic E-state index is -0.899. The highest BCUT2D eigenvalue weighted by Crippen LogP contribution is 2.14. The molecule has 0 unspecified atom stereocenters. The molecule has 6 heteroatoms. The lowest BCUT2D eigenvalue weighted by molar-refractivity contribution is -0.135. The van der Waals surface area contributed by atoms with Gasteiger partial charge in [-0.2, -0.15) is 0 Å². The standard InChI is InChI=1S/C11H16N4O2/c1-4-5-12-9-6-10(14-8(2)13-9)15(3)7-11(16)17/h4,6H,1,5,7H2,2-3H3,(H,16,17)(H,12,13,14). The normalized spacial score (nSPS) is 9.76. The Labute approximate surface area is 100 Å². The van der Waals surface area contributed by atoms with Crippen LogP contribution in [0.1, 0.15) is 5.82 Å². The summed E-state index contributed by atoms with van der Waals surface area (Å²) in [5, 5.41) is 11.8. The molecule has 0 fully saturated rings. The maximum absolute atomic E-state index is 10.6. The van der Waals surface area contributed by atoms with Crippen LogP contribution < -0.4 is 10.2 Å². The molecule has 0 aliphatic carbocycles. The van der Waals surface area contributed by atoms with Crippen LogP contribution in [-0.2, 0) is 4.79 Å². The third kappa shape index (κ3) is 4.10. The summed E-state index contributed by atoms with van der Waals surface area (Å²) in [7, 11) is 1.67. The second-order valence-electron chi connectivity index (χ2n) is 3.58. The monoisotopic (exact) mass is 236 g/mol. The van der Waals surface area contributed by atoms with E-state index in [9.17, 15) is 4.79 Å². The van der Waals surface area contributed by atoms with Gasteiger partial charge in [0.25, 0.3) is 0 Å². The molecule has 2 N–H and O–H groups in total. The summed E-state index contributed by atoms with van der Waals surface area (Å²) >= 11 is 0. The number of aliphatic carboxylic acids is 1. The fourth-order valence-electron chi connectivity index (χ4n) is 1.30. The summed E-state index contributed by atoms with van der Waals surface area (Å²) in [4.78, 5) is 20.5. The molecule has 0 bridgehead atoms. The van der Waals surface area contributed by atoms with E-state index in [2.05, 4.69) is 21.9 Å². The fraction of sp³-hybridized carbons (Fsp3) is 0.364. The van der Waals surface area contributed by atoms with Crippen molar-refractivity contribution in [1.82, 2.24) is 9.97 Å². The van der Waals surface area contributed by atoms with Gasteiger partial charge in [-0.3, -0.25) is 4.79 Å². The highest BCUT2D eigenvalue weighted by Gasteiger charge is 2.09. The largest absolute Gasteiger partial charge is 0.480 e. The van der Waals surface area contributed by atoms with E-state index in [-0.39, 0.29) is 6.54 Å². The van der Waals surface area contributed by atoms with Crippen molar-refractivity contribution in [2.24, 2.45) is 0 Å². The summed E-state index contributed by atoms with van der Waals surface area (Å²) in [6.45, 7) is 5.86. The Morgan fingerprint density at radius 3 is 2.94 bits per heavy atom. The van der Waals surface area contributed by atoms with Crippen LogP contribution >= 0.6 is 0 Å². The number of aryl methyl sites for hydroxylation is 1. The van der Waals surface area contributed by atoms with Crippen LogP contribution in [0.5, 0.6) is 0 Å². The number of nitrogens with zero attached hydrogens (tertiary/aromatic N) is 3. The molecule has 1 rings (SSSR count). The van der Waals surface area contributed by atoms with Crippen molar-refractivity contribution in [3.05, 3.63) is 24.5 Å². The van der Waals surface area contributed by atoms with Gasteiger partial charge in [-0.05, 0) is 6.92 Å². The molecule has 0 aliphatic rings. The number of carboxylic acid groups (broad SMARTS) is 1. The van der Waals surface area contributed by atoms with E-state index in [0.717, 1.165) is 0 Å². The molecule has 1 aromatic heterocycles. The fourth-order valence-corrected chi connectivity index (χ4v) is 1.30. The molecule has 0 atom stereocenters. The van der Waals surface area contributed by atoms with E-state index < -0.39 is 5.97 Å². The van der Waals surface area contributed by atoms with Crippen molar-refractivity contribution in [3.8, 4) is 0 Å². The maximum atomic E-state index is 10.6. The first-order valence-electron chi connectivity index (χ1n) is 5.16. The van der Waals surface area contributed by atoms with Crippen molar-refractivity contribution >= 4 is 17.6 Å². The van der Waals surface area contributed by atoms with Gasteiger partial charge in [-0.15, -0.1) is 6.58 Å². The van der Waals surface area contributed by atoms with Crippen LogP contribution in [0.25, 0.3) is 0 Å². The quantitative estimate of drug-likeness (QED) is 0.715. The molecule has 92 valence electrons. The highest BCUT2D eigenvalue weighted by molar-refractivity contribution is 5.73. The van der Waals surface area contributed by atoms with Gasteiger partial charge in [-0.25, -0.2) is 9.97 Å². The first kappa shape index (κ1) is 13.0. The van der Waals surface area contributed by atoms with Crippen molar-refractivity contribution in [3.63, 3.8) is 0 Å².